The van der Waals surface area contributed by atoms with Crippen molar-refractivity contribution >= 4 is 46.2 Å². The molecule has 0 radical (unpaired) electrons. The number of nitrogens with zero attached hydrogens (tertiary/aromatic N) is 3. The number of aromatic nitrogens is 2. The van der Waals surface area contributed by atoms with E-state index in [1.807, 2.05) is 6.07 Å². The van der Waals surface area contributed by atoms with E-state index in [0.29, 0.717) is 54.3 Å². The van der Waals surface area contributed by atoms with Crippen molar-refractivity contribution < 1.29 is 24.2 Å². The Balaban J connectivity index is 1.16. The molecular formula is C26H29N5O5S. The summed E-state index contributed by atoms with van der Waals surface area (Å²) in [6.07, 6.45) is 2.83. The van der Waals surface area contributed by atoms with E-state index in [9.17, 15) is 14.7 Å². The lowest BCUT2D eigenvalue weighted by atomic mass is 9.91. The fourth-order valence-corrected chi connectivity index (χ4v) is 5.39. The van der Waals surface area contributed by atoms with Crippen LogP contribution >= 0.6 is 11.8 Å². The Labute approximate surface area is 218 Å². The van der Waals surface area contributed by atoms with Crippen LogP contribution < -0.4 is 15.4 Å². The number of aliphatic hydroxyl groups excluding tert-OH is 1. The molecule has 4 heterocycles. The van der Waals surface area contributed by atoms with Crippen molar-refractivity contribution in [1.82, 2.24) is 14.9 Å². The Morgan fingerprint density at radius 1 is 1.24 bits per heavy atom. The lowest BCUT2D eigenvalue weighted by molar-refractivity contribution is -0.113. The molecule has 2 aromatic heterocycles. The summed E-state index contributed by atoms with van der Waals surface area (Å²) in [5.41, 5.74) is 2.66. The van der Waals surface area contributed by atoms with Gasteiger partial charge in [-0.15, -0.1) is 11.8 Å². The lowest BCUT2D eigenvalue weighted by Crippen LogP contribution is -2.50. The molecular weight excluding hydrogens is 494 g/mol. The zero-order valence-corrected chi connectivity index (χ0v) is 21.3. The van der Waals surface area contributed by atoms with E-state index in [-0.39, 0.29) is 12.5 Å². The maximum absolute atomic E-state index is 12.8. The first-order valence-electron chi connectivity index (χ1n) is 12.2. The van der Waals surface area contributed by atoms with Gasteiger partial charge in [-0.1, -0.05) is 6.07 Å². The van der Waals surface area contributed by atoms with Gasteiger partial charge < -0.3 is 24.8 Å². The van der Waals surface area contributed by atoms with Crippen LogP contribution in [0.4, 0.5) is 16.2 Å². The highest BCUT2D eigenvalue weighted by Gasteiger charge is 2.38. The van der Waals surface area contributed by atoms with Crippen LogP contribution in [0.1, 0.15) is 18.4 Å². The smallest absolute Gasteiger partial charge is 0.412 e. The van der Waals surface area contributed by atoms with Crippen LogP contribution in [-0.4, -0.2) is 76.7 Å². The van der Waals surface area contributed by atoms with Crippen LogP contribution in [0.15, 0.2) is 47.5 Å². The van der Waals surface area contributed by atoms with Crippen LogP contribution in [0.2, 0.25) is 0 Å². The third kappa shape index (κ3) is 5.79. The van der Waals surface area contributed by atoms with Crippen molar-refractivity contribution in [2.24, 2.45) is 0 Å². The second-order valence-corrected chi connectivity index (χ2v) is 10.2. The van der Waals surface area contributed by atoms with E-state index < -0.39 is 11.7 Å². The number of fused-ring (bicyclic) bond motifs is 2. The van der Waals surface area contributed by atoms with Crippen molar-refractivity contribution in [3.05, 3.63) is 48.2 Å². The summed E-state index contributed by atoms with van der Waals surface area (Å²) >= 11 is 1.56. The molecule has 11 heteroatoms. The van der Waals surface area contributed by atoms with Crippen molar-refractivity contribution in [3.63, 3.8) is 0 Å². The van der Waals surface area contributed by atoms with Crippen molar-refractivity contribution in [2.75, 3.05) is 49.7 Å². The van der Waals surface area contributed by atoms with Crippen LogP contribution in [0, 0.1) is 0 Å². The molecule has 0 saturated carbocycles. The number of hydrogen-bond acceptors (Lipinski definition) is 9. The van der Waals surface area contributed by atoms with Crippen LogP contribution in [-0.2, 0) is 16.0 Å². The minimum atomic E-state index is -0.943. The summed E-state index contributed by atoms with van der Waals surface area (Å²) in [6.45, 7) is 1.98. The molecule has 0 unspecified atom stereocenters. The summed E-state index contributed by atoms with van der Waals surface area (Å²) in [6, 6.07) is 11.3. The van der Waals surface area contributed by atoms with E-state index in [1.54, 1.807) is 36.2 Å². The quantitative estimate of drug-likeness (QED) is 0.428. The van der Waals surface area contributed by atoms with Gasteiger partial charge in [-0.2, -0.15) is 0 Å². The van der Waals surface area contributed by atoms with E-state index in [0.717, 1.165) is 29.1 Å². The van der Waals surface area contributed by atoms with Crippen LogP contribution in [0.5, 0.6) is 5.88 Å². The highest BCUT2D eigenvalue weighted by Crippen LogP contribution is 2.32. The number of methoxy groups -OCH3 is 1. The number of amides is 2. The van der Waals surface area contributed by atoms with Gasteiger partial charge in [0.1, 0.15) is 11.1 Å². The number of likely N-dealkylation sites (tertiary alicyclic amines) is 1. The summed E-state index contributed by atoms with van der Waals surface area (Å²) in [5.74, 6) is 0.899. The number of nitrogens with one attached hydrogen (secondary N) is 2. The molecule has 10 nitrogen and oxygen atoms in total. The second kappa shape index (κ2) is 10.9. The number of hydrogen-bond donors (Lipinski definition) is 3. The molecule has 1 saturated heterocycles. The minimum absolute atomic E-state index is 0.0307. The fraction of sp³-hybridized carbons (Fsp3) is 0.385. The third-order valence-corrected chi connectivity index (χ3v) is 7.84. The number of carbonyl (C=O) groups excluding carboxylic acids is 2. The molecule has 3 aromatic rings. The normalized spacial score (nSPS) is 17.1. The minimum Gasteiger partial charge on any atom is -0.481 e. The summed E-state index contributed by atoms with van der Waals surface area (Å²) in [7, 11) is 1.52. The predicted molar refractivity (Wildman–Crippen MR) is 141 cm³/mol. The summed E-state index contributed by atoms with van der Waals surface area (Å²) < 4.78 is 11.0. The Morgan fingerprint density at radius 2 is 2.08 bits per heavy atom. The fourth-order valence-electron chi connectivity index (χ4n) is 4.60. The Kier molecular flexibility index (Phi) is 7.45. The van der Waals surface area contributed by atoms with E-state index in [1.165, 1.54) is 7.11 Å². The average molecular weight is 524 g/mol. The van der Waals surface area contributed by atoms with Crippen molar-refractivity contribution in [3.8, 4) is 5.88 Å². The number of carbonyl (C=O) groups is 2. The third-order valence-electron chi connectivity index (χ3n) is 6.76. The topological polar surface area (TPSA) is 126 Å². The van der Waals surface area contributed by atoms with Gasteiger partial charge in [-0.25, -0.2) is 9.78 Å². The number of pyridine rings is 2. The van der Waals surface area contributed by atoms with E-state index in [4.69, 9.17) is 9.47 Å². The zero-order chi connectivity index (χ0) is 25.8. The number of aliphatic hydroxyl groups is 1. The Morgan fingerprint density at radius 3 is 2.86 bits per heavy atom. The van der Waals surface area contributed by atoms with Crippen molar-refractivity contribution in [1.29, 1.82) is 0 Å². The van der Waals surface area contributed by atoms with Gasteiger partial charge in [0.2, 0.25) is 11.8 Å². The number of piperidine rings is 1. The molecule has 0 bridgehead atoms. The summed E-state index contributed by atoms with van der Waals surface area (Å²) in [5, 5.41) is 15.8. The van der Waals surface area contributed by atoms with Crippen molar-refractivity contribution in [2.45, 2.75) is 29.8 Å². The van der Waals surface area contributed by atoms with E-state index in [2.05, 4.69) is 37.6 Å². The molecule has 2 aliphatic heterocycles. The monoisotopic (exact) mass is 523 g/mol. The molecule has 5 rings (SSSR count). The molecule has 194 valence electrons. The maximum Gasteiger partial charge on any atom is 0.412 e. The molecule has 3 N–H and O–H groups in total. The highest BCUT2D eigenvalue weighted by atomic mass is 32.2. The van der Waals surface area contributed by atoms with Crippen LogP contribution in [0.25, 0.3) is 11.0 Å². The first-order valence-corrected chi connectivity index (χ1v) is 13.1. The van der Waals surface area contributed by atoms with Gasteiger partial charge in [0.15, 0.2) is 0 Å². The van der Waals surface area contributed by atoms with Crippen LogP contribution in [0.3, 0.4) is 0 Å². The van der Waals surface area contributed by atoms with Gasteiger partial charge in [0.05, 0.1) is 36.4 Å². The average Bonchev–Trinajstić information content (AvgIpc) is 2.92. The molecule has 1 fully saturated rings. The molecule has 2 aliphatic rings. The Bertz CT molecular complexity index is 1310. The molecule has 2 amide bonds. The molecule has 0 aliphatic carbocycles. The molecule has 0 atom stereocenters. The number of ether oxygens (including phenoxy) is 2. The number of thioether (sulfide) groups is 1. The summed E-state index contributed by atoms with van der Waals surface area (Å²) in [4.78, 5) is 36.5. The number of anilines is 2. The molecule has 0 spiro atoms. The van der Waals surface area contributed by atoms with Gasteiger partial charge in [-0.05, 0) is 36.2 Å². The lowest BCUT2D eigenvalue weighted by Gasteiger charge is -2.40. The van der Waals surface area contributed by atoms with E-state index >= 15 is 0 Å². The SMILES string of the molecule is COc1ccc2nccc(NC(=O)OC3(CO)CCN(CCc4ccc5c(c4)NC(=O)CS5)CC3)c2n1. The Hall–Kier alpha value is -3.41. The number of rotatable bonds is 7. The zero-order valence-electron chi connectivity index (χ0n) is 20.5. The second-order valence-electron chi connectivity index (χ2n) is 9.19. The van der Waals surface area contributed by atoms with Gasteiger partial charge >= 0.3 is 6.09 Å². The number of benzene rings is 1. The first-order chi connectivity index (χ1) is 18.0. The molecule has 1 aromatic carbocycles. The highest BCUT2D eigenvalue weighted by molar-refractivity contribution is 8.00. The standard InChI is InChI=1S/C26H29N5O5S/c1-35-23-5-3-18-24(30-23)19(6-10-27-18)29-25(34)36-26(16-32)8-12-31(13-9-26)11-7-17-2-4-21-20(14-17)28-22(33)15-37-21/h2-6,10,14,32H,7-9,11-13,15-16H2,1H3,(H,28,33)(H,27,29,34). The van der Waals surface area contributed by atoms with Gasteiger partial charge in [0.25, 0.3) is 0 Å². The maximum atomic E-state index is 12.8. The van der Waals surface area contributed by atoms with Gasteiger partial charge in [-0.3, -0.25) is 15.1 Å². The predicted octanol–water partition coefficient (Wildman–Crippen LogP) is 3.30. The molecule has 37 heavy (non-hydrogen) atoms. The first kappa shape index (κ1) is 25.2. The largest absolute Gasteiger partial charge is 0.481 e. The van der Waals surface area contributed by atoms with Gasteiger partial charge in [0, 0.05) is 49.6 Å².